The van der Waals surface area contributed by atoms with Crippen LogP contribution in [-0.4, -0.2) is 26.4 Å². The molecule has 0 unspecified atom stereocenters. The van der Waals surface area contributed by atoms with E-state index in [-0.39, 0.29) is 0 Å². The molecule has 0 aromatic rings. The van der Waals surface area contributed by atoms with Crippen molar-refractivity contribution in [2.24, 2.45) is 0 Å². The molecule has 0 saturated heterocycles. The van der Waals surface area contributed by atoms with Gasteiger partial charge in [0.25, 0.3) is 0 Å². The quantitative estimate of drug-likeness (QED) is 0.588. The summed E-state index contributed by atoms with van der Waals surface area (Å²) in [4.78, 5) is 0. The Kier molecular flexibility index (Phi) is 3.67. The van der Waals surface area contributed by atoms with Crippen LogP contribution in [-0.2, 0) is 0 Å². The van der Waals surface area contributed by atoms with E-state index in [1.54, 1.807) is 0 Å². The Balaban J connectivity index is 3.63. The minimum absolute atomic E-state index is 0.681. The molecule has 0 aromatic heterocycles. The third-order valence-electron chi connectivity index (χ3n) is 1.13. The summed E-state index contributed by atoms with van der Waals surface area (Å²) in [6, 6.07) is 0. The molecule has 0 aromatic carbocycles. The van der Waals surface area contributed by atoms with Gasteiger partial charge in [-0.05, 0) is 14.1 Å². The molecule has 0 aliphatic rings. The third-order valence-corrected chi connectivity index (χ3v) is 1.13. The molecule has 62 valence electrons. The van der Waals surface area contributed by atoms with Crippen LogP contribution in [0.15, 0.2) is 0 Å². The summed E-state index contributed by atoms with van der Waals surface area (Å²) in [6.07, 6.45) is -5.63. The summed E-state index contributed by atoms with van der Waals surface area (Å²) >= 11 is 0. The largest absolute Gasteiger partial charge is 0.391 e. The number of alkyl halides is 3. The molecule has 10 heavy (non-hydrogen) atoms. The van der Waals surface area contributed by atoms with Crippen LogP contribution in [0.1, 0.15) is 6.42 Å². The second kappa shape index (κ2) is 3.78. The molecule has 2 N–H and O–H groups in total. The summed E-state index contributed by atoms with van der Waals surface area (Å²) in [5, 5.41) is 4.95. The fourth-order valence-corrected chi connectivity index (χ4v) is 0.580. The summed E-state index contributed by atoms with van der Waals surface area (Å²) in [5.74, 6) is 0. The van der Waals surface area contributed by atoms with E-state index in [9.17, 15) is 13.2 Å². The molecular formula is C5H11F3N2. The molecule has 0 amide bonds. The summed E-state index contributed by atoms with van der Waals surface area (Å²) in [7, 11) is 2.96. The Morgan fingerprint density at radius 2 is 1.60 bits per heavy atom. The Morgan fingerprint density at radius 3 is 1.70 bits per heavy atom. The van der Waals surface area contributed by atoms with Gasteiger partial charge in [-0.1, -0.05) is 0 Å². The molecule has 0 radical (unpaired) electrons. The first-order valence-corrected chi connectivity index (χ1v) is 2.91. The highest BCUT2D eigenvalue weighted by Gasteiger charge is 2.30. The zero-order valence-electron chi connectivity index (χ0n) is 5.92. The van der Waals surface area contributed by atoms with Gasteiger partial charge in [0, 0.05) is 0 Å². The van der Waals surface area contributed by atoms with Crippen LogP contribution >= 0.6 is 0 Å². The average Bonchev–Trinajstić information content (AvgIpc) is 1.81. The van der Waals surface area contributed by atoms with Gasteiger partial charge in [-0.3, -0.25) is 0 Å². The molecule has 0 atom stereocenters. The zero-order chi connectivity index (χ0) is 8.20. The van der Waals surface area contributed by atoms with E-state index >= 15 is 0 Å². The third kappa shape index (κ3) is 4.58. The van der Waals surface area contributed by atoms with Crippen LogP contribution in [0.2, 0.25) is 0 Å². The van der Waals surface area contributed by atoms with E-state index in [0.29, 0.717) is 0 Å². The van der Waals surface area contributed by atoms with Gasteiger partial charge in [0.05, 0.1) is 12.6 Å². The maximum absolute atomic E-state index is 11.6. The summed E-state index contributed by atoms with van der Waals surface area (Å²) in [5.41, 5.74) is 0. The van der Waals surface area contributed by atoms with Gasteiger partial charge < -0.3 is 10.6 Å². The van der Waals surface area contributed by atoms with Crippen LogP contribution in [0.5, 0.6) is 0 Å². The van der Waals surface area contributed by atoms with Gasteiger partial charge in [-0.25, -0.2) is 0 Å². The van der Waals surface area contributed by atoms with Crippen molar-refractivity contribution >= 4 is 0 Å². The van der Waals surface area contributed by atoms with Crippen molar-refractivity contribution < 1.29 is 13.2 Å². The molecule has 0 bridgehead atoms. The minimum Gasteiger partial charge on any atom is -0.305 e. The van der Waals surface area contributed by atoms with Gasteiger partial charge in [0.1, 0.15) is 0 Å². The molecule has 0 heterocycles. The van der Waals surface area contributed by atoms with Crippen LogP contribution < -0.4 is 10.6 Å². The first-order chi connectivity index (χ1) is 4.49. The van der Waals surface area contributed by atoms with Crippen LogP contribution in [0.4, 0.5) is 13.2 Å². The highest BCUT2D eigenvalue weighted by atomic mass is 19.4. The SMILES string of the molecule is CNC(CC(F)(F)F)NC. The second-order valence-electron chi connectivity index (χ2n) is 1.95. The van der Waals surface area contributed by atoms with Gasteiger partial charge in [-0.2, -0.15) is 13.2 Å². The van der Waals surface area contributed by atoms with Gasteiger partial charge in [-0.15, -0.1) is 0 Å². The van der Waals surface area contributed by atoms with Crippen LogP contribution in [0.25, 0.3) is 0 Å². The fourth-order valence-electron chi connectivity index (χ4n) is 0.580. The highest BCUT2D eigenvalue weighted by molar-refractivity contribution is 4.63. The van der Waals surface area contributed by atoms with Crippen molar-refractivity contribution in [2.45, 2.75) is 18.8 Å². The predicted molar refractivity (Wildman–Crippen MR) is 32.6 cm³/mol. The summed E-state index contributed by atoms with van der Waals surface area (Å²) in [6.45, 7) is 0. The van der Waals surface area contributed by atoms with Crippen LogP contribution in [0, 0.1) is 0 Å². The Hall–Kier alpha value is -0.290. The van der Waals surface area contributed by atoms with Crippen molar-refractivity contribution in [2.75, 3.05) is 14.1 Å². The summed E-state index contributed by atoms with van der Waals surface area (Å²) < 4.78 is 34.8. The van der Waals surface area contributed by atoms with Crippen molar-refractivity contribution in [1.82, 2.24) is 10.6 Å². The number of halogens is 3. The first-order valence-electron chi connectivity index (χ1n) is 2.91. The van der Waals surface area contributed by atoms with E-state index < -0.39 is 18.8 Å². The maximum atomic E-state index is 11.6. The standard InChI is InChI=1S/C5H11F3N2/c1-9-4(10-2)3-5(6,7)8/h4,9-10H,3H2,1-2H3. The lowest BCUT2D eigenvalue weighted by atomic mass is 10.3. The topological polar surface area (TPSA) is 24.1 Å². The van der Waals surface area contributed by atoms with Crippen molar-refractivity contribution in [3.8, 4) is 0 Å². The number of hydrogen-bond donors (Lipinski definition) is 2. The van der Waals surface area contributed by atoms with Crippen LogP contribution in [0.3, 0.4) is 0 Å². The van der Waals surface area contributed by atoms with Crippen molar-refractivity contribution in [3.05, 3.63) is 0 Å². The molecule has 0 saturated carbocycles. The molecule has 2 nitrogen and oxygen atoms in total. The minimum atomic E-state index is -4.10. The first kappa shape index (κ1) is 9.71. The lowest BCUT2D eigenvalue weighted by Crippen LogP contribution is -2.41. The Bertz CT molecular complexity index is 87.4. The molecule has 0 fully saturated rings. The van der Waals surface area contributed by atoms with E-state index in [1.165, 1.54) is 14.1 Å². The van der Waals surface area contributed by atoms with E-state index in [4.69, 9.17) is 0 Å². The van der Waals surface area contributed by atoms with Gasteiger partial charge in [0.15, 0.2) is 0 Å². The van der Waals surface area contributed by atoms with E-state index in [2.05, 4.69) is 10.6 Å². The maximum Gasteiger partial charge on any atom is 0.391 e. The molecule has 0 rings (SSSR count). The molecule has 0 spiro atoms. The number of nitrogens with one attached hydrogen (secondary N) is 2. The van der Waals surface area contributed by atoms with Crippen molar-refractivity contribution in [3.63, 3.8) is 0 Å². The fraction of sp³-hybridized carbons (Fsp3) is 1.00. The van der Waals surface area contributed by atoms with E-state index in [0.717, 1.165) is 0 Å². The Morgan fingerprint density at radius 1 is 1.20 bits per heavy atom. The lowest BCUT2D eigenvalue weighted by molar-refractivity contribution is -0.141. The van der Waals surface area contributed by atoms with Crippen molar-refractivity contribution in [1.29, 1.82) is 0 Å². The Labute approximate surface area is 57.8 Å². The average molecular weight is 156 g/mol. The zero-order valence-corrected chi connectivity index (χ0v) is 5.92. The predicted octanol–water partition coefficient (Wildman–Crippen LogP) is 0.704. The number of hydrogen-bond acceptors (Lipinski definition) is 2. The molecule has 5 heteroatoms. The lowest BCUT2D eigenvalue weighted by Gasteiger charge is -2.16. The monoisotopic (exact) mass is 156 g/mol. The molecular weight excluding hydrogens is 145 g/mol. The highest BCUT2D eigenvalue weighted by Crippen LogP contribution is 2.20. The normalized spacial score (nSPS) is 12.6. The number of rotatable bonds is 3. The smallest absolute Gasteiger partial charge is 0.305 e. The molecule has 0 aliphatic carbocycles. The second-order valence-corrected chi connectivity index (χ2v) is 1.95. The molecule has 0 aliphatic heterocycles. The van der Waals surface area contributed by atoms with Gasteiger partial charge >= 0.3 is 6.18 Å². The van der Waals surface area contributed by atoms with Gasteiger partial charge in [0.2, 0.25) is 0 Å². The van der Waals surface area contributed by atoms with E-state index in [1.807, 2.05) is 0 Å².